The quantitative estimate of drug-likeness (QED) is 0.909. The third kappa shape index (κ3) is 2.03. The Hall–Kier alpha value is -1.77. The van der Waals surface area contributed by atoms with E-state index in [2.05, 4.69) is 43.5 Å². The van der Waals surface area contributed by atoms with E-state index in [1.807, 2.05) is 0 Å². The molecular weight excluding hydrogens is 234 g/mol. The first kappa shape index (κ1) is 12.3. The molecule has 0 spiro atoms. The summed E-state index contributed by atoms with van der Waals surface area (Å²) in [5, 5.41) is 0. The number of hydrogen-bond donors (Lipinski definition) is 1. The zero-order chi connectivity index (χ0) is 13.6. The lowest BCUT2D eigenvalue weighted by Gasteiger charge is -2.07. The lowest BCUT2D eigenvalue weighted by molar-refractivity contribution is 0.696. The largest absolute Gasteiger partial charge is 0.383 e. The van der Waals surface area contributed by atoms with Crippen LogP contribution < -0.4 is 5.73 Å². The van der Waals surface area contributed by atoms with Crippen molar-refractivity contribution in [1.29, 1.82) is 0 Å². The predicted molar refractivity (Wildman–Crippen MR) is 79.2 cm³/mol. The van der Waals surface area contributed by atoms with Crippen LogP contribution >= 0.6 is 0 Å². The topological polar surface area (TPSA) is 43.8 Å². The normalized spacial score (nSPS) is 14.9. The molecule has 1 aliphatic carbocycles. The summed E-state index contributed by atoms with van der Waals surface area (Å²) in [7, 11) is 0. The van der Waals surface area contributed by atoms with E-state index >= 15 is 0 Å². The monoisotopic (exact) mass is 255 g/mol. The van der Waals surface area contributed by atoms with E-state index in [4.69, 9.17) is 10.7 Å². The molecular formula is C16H21N3. The van der Waals surface area contributed by atoms with Gasteiger partial charge in [-0.1, -0.05) is 19.1 Å². The number of benzene rings is 1. The first-order valence-electron chi connectivity index (χ1n) is 7.06. The number of aromatic nitrogens is 2. The van der Waals surface area contributed by atoms with Crippen LogP contribution in [0.5, 0.6) is 0 Å². The first-order valence-corrected chi connectivity index (χ1v) is 7.06. The highest BCUT2D eigenvalue weighted by Crippen LogP contribution is 2.41. The molecule has 0 radical (unpaired) electrons. The summed E-state index contributed by atoms with van der Waals surface area (Å²) >= 11 is 0. The van der Waals surface area contributed by atoms with Crippen molar-refractivity contribution in [2.75, 3.05) is 5.73 Å². The van der Waals surface area contributed by atoms with Crippen LogP contribution in [0.4, 0.5) is 5.82 Å². The van der Waals surface area contributed by atoms with Gasteiger partial charge in [-0.25, -0.2) is 4.98 Å². The van der Waals surface area contributed by atoms with Gasteiger partial charge in [0, 0.05) is 18.0 Å². The SMILES string of the molecule is CCc1nc(-c2ccc(C)c(C)c2)c(N)n1C1CC1. The van der Waals surface area contributed by atoms with Crippen molar-refractivity contribution < 1.29 is 0 Å². The smallest absolute Gasteiger partial charge is 0.131 e. The minimum absolute atomic E-state index is 0.586. The number of aryl methyl sites for hydroxylation is 3. The number of hydrogen-bond acceptors (Lipinski definition) is 2. The molecule has 0 amide bonds. The van der Waals surface area contributed by atoms with Crippen molar-refractivity contribution >= 4 is 5.82 Å². The fraction of sp³-hybridized carbons (Fsp3) is 0.438. The molecule has 100 valence electrons. The van der Waals surface area contributed by atoms with Crippen LogP contribution in [0, 0.1) is 13.8 Å². The third-order valence-electron chi connectivity index (χ3n) is 4.03. The summed E-state index contributed by atoms with van der Waals surface area (Å²) in [5.41, 5.74) is 11.0. The van der Waals surface area contributed by atoms with Gasteiger partial charge in [0.1, 0.15) is 17.3 Å². The average Bonchev–Trinajstić information content (AvgIpc) is 3.17. The van der Waals surface area contributed by atoms with Crippen LogP contribution in [0.3, 0.4) is 0 Å². The molecule has 19 heavy (non-hydrogen) atoms. The highest BCUT2D eigenvalue weighted by molar-refractivity contribution is 5.72. The van der Waals surface area contributed by atoms with Gasteiger partial charge in [-0.05, 0) is 43.9 Å². The number of nitrogens with zero attached hydrogens (tertiary/aromatic N) is 2. The number of nitrogen functional groups attached to an aromatic ring is 1. The predicted octanol–water partition coefficient (Wildman–Crippen LogP) is 3.65. The van der Waals surface area contributed by atoms with Crippen molar-refractivity contribution in [1.82, 2.24) is 9.55 Å². The number of imidazole rings is 1. The highest BCUT2D eigenvalue weighted by atomic mass is 15.2. The summed E-state index contributed by atoms with van der Waals surface area (Å²) in [6.45, 7) is 6.40. The number of anilines is 1. The van der Waals surface area contributed by atoms with E-state index in [9.17, 15) is 0 Å². The Labute approximate surface area is 114 Å². The zero-order valence-corrected chi connectivity index (χ0v) is 11.9. The van der Waals surface area contributed by atoms with Gasteiger partial charge in [-0.15, -0.1) is 0 Å². The van der Waals surface area contributed by atoms with Crippen LogP contribution in [0.25, 0.3) is 11.3 Å². The standard InChI is InChI=1S/C16H21N3/c1-4-14-18-15(16(17)19(14)13-7-8-13)12-6-5-10(2)11(3)9-12/h5-6,9,13H,4,7-8,17H2,1-3H3. The Balaban J connectivity index is 2.11. The van der Waals surface area contributed by atoms with E-state index in [0.717, 1.165) is 29.3 Å². The second-order valence-electron chi connectivity index (χ2n) is 5.52. The molecule has 1 aromatic heterocycles. The Morgan fingerprint density at radius 3 is 2.58 bits per heavy atom. The first-order chi connectivity index (χ1) is 9.11. The zero-order valence-electron chi connectivity index (χ0n) is 11.9. The fourth-order valence-corrected chi connectivity index (χ4v) is 2.58. The maximum atomic E-state index is 6.34. The highest BCUT2D eigenvalue weighted by Gasteiger charge is 2.29. The summed E-state index contributed by atoms with van der Waals surface area (Å²) in [6.07, 6.45) is 3.41. The van der Waals surface area contributed by atoms with Crippen LogP contribution in [-0.4, -0.2) is 9.55 Å². The van der Waals surface area contributed by atoms with Gasteiger partial charge >= 0.3 is 0 Å². The molecule has 0 aliphatic heterocycles. The molecule has 1 saturated carbocycles. The summed E-state index contributed by atoms with van der Waals surface area (Å²) in [5.74, 6) is 1.95. The Kier molecular flexibility index (Phi) is 2.85. The maximum Gasteiger partial charge on any atom is 0.131 e. The lowest BCUT2D eigenvalue weighted by atomic mass is 10.0. The number of nitrogens with two attached hydrogens (primary N) is 1. The van der Waals surface area contributed by atoms with Crippen LogP contribution in [0.2, 0.25) is 0 Å². The minimum atomic E-state index is 0.586. The van der Waals surface area contributed by atoms with Crippen LogP contribution in [0.15, 0.2) is 18.2 Å². The van der Waals surface area contributed by atoms with E-state index in [-0.39, 0.29) is 0 Å². The van der Waals surface area contributed by atoms with Crippen LogP contribution in [-0.2, 0) is 6.42 Å². The van der Waals surface area contributed by atoms with Gasteiger partial charge in [-0.2, -0.15) is 0 Å². The molecule has 3 heteroatoms. The summed E-state index contributed by atoms with van der Waals surface area (Å²) in [4.78, 5) is 4.77. The molecule has 3 rings (SSSR count). The molecule has 0 saturated heterocycles. The van der Waals surface area contributed by atoms with Gasteiger partial charge < -0.3 is 10.3 Å². The van der Waals surface area contributed by atoms with E-state index in [1.165, 1.54) is 24.0 Å². The van der Waals surface area contributed by atoms with E-state index in [1.54, 1.807) is 0 Å². The maximum absolute atomic E-state index is 6.34. The second kappa shape index (κ2) is 4.41. The molecule has 3 nitrogen and oxygen atoms in total. The molecule has 1 aliphatic rings. The molecule has 1 heterocycles. The van der Waals surface area contributed by atoms with Crippen molar-refractivity contribution in [3.63, 3.8) is 0 Å². The minimum Gasteiger partial charge on any atom is -0.383 e. The lowest BCUT2D eigenvalue weighted by Crippen LogP contribution is -2.04. The fourth-order valence-electron chi connectivity index (χ4n) is 2.58. The van der Waals surface area contributed by atoms with E-state index in [0.29, 0.717) is 6.04 Å². The summed E-state index contributed by atoms with van der Waals surface area (Å²) in [6, 6.07) is 7.04. The molecule has 2 N–H and O–H groups in total. The van der Waals surface area contributed by atoms with Gasteiger partial charge in [0.15, 0.2) is 0 Å². The van der Waals surface area contributed by atoms with Crippen molar-refractivity contribution in [3.8, 4) is 11.3 Å². The Morgan fingerprint density at radius 1 is 1.26 bits per heavy atom. The molecule has 0 atom stereocenters. The van der Waals surface area contributed by atoms with E-state index < -0.39 is 0 Å². The summed E-state index contributed by atoms with van der Waals surface area (Å²) < 4.78 is 2.24. The number of rotatable bonds is 3. The molecule has 1 aromatic carbocycles. The molecule has 1 fully saturated rings. The van der Waals surface area contributed by atoms with Gasteiger partial charge in [0.05, 0.1) is 0 Å². The van der Waals surface area contributed by atoms with Crippen molar-refractivity contribution in [3.05, 3.63) is 35.2 Å². The molecule has 0 bridgehead atoms. The Morgan fingerprint density at radius 2 is 2.00 bits per heavy atom. The Bertz CT molecular complexity index is 621. The van der Waals surface area contributed by atoms with Gasteiger partial charge in [0.25, 0.3) is 0 Å². The van der Waals surface area contributed by atoms with Gasteiger partial charge in [-0.3, -0.25) is 0 Å². The average molecular weight is 255 g/mol. The van der Waals surface area contributed by atoms with Crippen molar-refractivity contribution in [2.45, 2.75) is 46.1 Å². The van der Waals surface area contributed by atoms with Crippen LogP contribution in [0.1, 0.15) is 42.8 Å². The molecule has 0 unspecified atom stereocenters. The van der Waals surface area contributed by atoms with Crippen molar-refractivity contribution in [2.24, 2.45) is 0 Å². The third-order valence-corrected chi connectivity index (χ3v) is 4.03. The second-order valence-corrected chi connectivity index (χ2v) is 5.52. The van der Waals surface area contributed by atoms with Gasteiger partial charge in [0.2, 0.25) is 0 Å². The molecule has 2 aromatic rings.